The number of likely N-dealkylation sites (tertiary alicyclic amines) is 1. The van der Waals surface area contributed by atoms with Crippen LogP contribution in [0.3, 0.4) is 0 Å². The van der Waals surface area contributed by atoms with Gasteiger partial charge in [0.05, 0.1) is 12.2 Å². The summed E-state index contributed by atoms with van der Waals surface area (Å²) in [5.74, 6) is 0.302. The number of amides is 2. The van der Waals surface area contributed by atoms with Gasteiger partial charge in [-0.1, -0.05) is 24.3 Å². The summed E-state index contributed by atoms with van der Waals surface area (Å²) < 4.78 is 0. The number of hydrogen-bond acceptors (Lipinski definition) is 4. The molecule has 1 fully saturated rings. The van der Waals surface area contributed by atoms with E-state index in [0.717, 1.165) is 0 Å². The van der Waals surface area contributed by atoms with Gasteiger partial charge >= 0.3 is 0 Å². The highest BCUT2D eigenvalue weighted by atomic mass is 16.2. The van der Waals surface area contributed by atoms with Crippen LogP contribution in [-0.2, 0) is 4.79 Å². The third-order valence-corrected chi connectivity index (χ3v) is 4.95. The predicted molar refractivity (Wildman–Crippen MR) is 87.2 cm³/mol. The Bertz CT molecular complexity index is 793. The van der Waals surface area contributed by atoms with Crippen LogP contribution < -0.4 is 5.32 Å². The molecule has 24 heavy (non-hydrogen) atoms. The molecule has 6 heteroatoms. The maximum atomic E-state index is 12.7. The van der Waals surface area contributed by atoms with Crippen LogP contribution >= 0.6 is 0 Å². The Hall–Kier alpha value is -2.76. The second-order valence-corrected chi connectivity index (χ2v) is 6.38. The number of fused-ring (bicyclic) bond motifs is 3. The fraction of sp³-hybridized carbons (Fsp3) is 0.333. The molecule has 1 saturated heterocycles. The quantitative estimate of drug-likeness (QED) is 0.910. The van der Waals surface area contributed by atoms with Crippen LogP contribution in [0.1, 0.15) is 40.5 Å². The van der Waals surface area contributed by atoms with Gasteiger partial charge in [-0.2, -0.15) is 0 Å². The van der Waals surface area contributed by atoms with E-state index in [4.69, 9.17) is 0 Å². The van der Waals surface area contributed by atoms with Gasteiger partial charge in [-0.05, 0) is 11.1 Å². The lowest BCUT2D eigenvalue weighted by atomic mass is 9.94. The second-order valence-electron chi connectivity index (χ2n) is 6.38. The van der Waals surface area contributed by atoms with Gasteiger partial charge in [-0.15, -0.1) is 0 Å². The van der Waals surface area contributed by atoms with E-state index in [1.165, 1.54) is 30.4 Å². The van der Waals surface area contributed by atoms with Crippen LogP contribution in [0.15, 0.2) is 42.9 Å². The average molecular weight is 322 g/mol. The summed E-state index contributed by atoms with van der Waals surface area (Å²) in [4.78, 5) is 34.2. The van der Waals surface area contributed by atoms with Crippen molar-refractivity contribution in [3.63, 3.8) is 0 Å². The fourth-order valence-corrected chi connectivity index (χ4v) is 4.00. The lowest BCUT2D eigenvalue weighted by molar-refractivity contribution is -0.120. The molecular formula is C18H18N4O2. The highest BCUT2D eigenvalue weighted by Gasteiger charge is 2.47. The van der Waals surface area contributed by atoms with Crippen molar-refractivity contribution in [1.82, 2.24) is 20.2 Å². The van der Waals surface area contributed by atoms with E-state index < -0.39 is 0 Å². The number of rotatable bonds is 2. The number of aromatic nitrogens is 2. The minimum atomic E-state index is -0.100. The van der Waals surface area contributed by atoms with Gasteiger partial charge in [0.2, 0.25) is 5.91 Å². The maximum Gasteiger partial charge on any atom is 0.274 e. The molecule has 0 bridgehead atoms. The monoisotopic (exact) mass is 322 g/mol. The SMILES string of the molecule is CC(=O)N[C@@H]1c2ccccc2[C@@H]2CN(C(=O)c3cnccn3)C[C@H]12. The first-order chi connectivity index (χ1) is 11.6. The van der Waals surface area contributed by atoms with Gasteiger partial charge in [0.1, 0.15) is 5.69 Å². The van der Waals surface area contributed by atoms with Gasteiger partial charge in [-0.25, -0.2) is 4.98 Å². The minimum absolute atomic E-state index is 0.0386. The molecule has 1 aliphatic heterocycles. The zero-order valence-electron chi connectivity index (χ0n) is 13.3. The van der Waals surface area contributed by atoms with Crippen molar-refractivity contribution in [1.29, 1.82) is 0 Å². The maximum absolute atomic E-state index is 12.7. The molecule has 2 heterocycles. The van der Waals surface area contributed by atoms with E-state index in [0.29, 0.717) is 18.8 Å². The van der Waals surface area contributed by atoms with Crippen molar-refractivity contribution in [2.45, 2.75) is 18.9 Å². The van der Waals surface area contributed by atoms with Gasteiger partial charge in [0, 0.05) is 44.2 Å². The molecule has 0 unspecified atom stereocenters. The first kappa shape index (κ1) is 14.8. The van der Waals surface area contributed by atoms with E-state index in [-0.39, 0.29) is 29.7 Å². The normalized spacial score (nSPS) is 24.4. The number of hydrogen-bond donors (Lipinski definition) is 1. The Balaban J connectivity index is 1.63. The zero-order valence-corrected chi connectivity index (χ0v) is 13.3. The molecule has 3 atom stereocenters. The van der Waals surface area contributed by atoms with E-state index in [2.05, 4.69) is 27.4 Å². The summed E-state index contributed by atoms with van der Waals surface area (Å²) in [6.07, 6.45) is 4.58. The molecule has 0 radical (unpaired) electrons. The first-order valence-corrected chi connectivity index (χ1v) is 8.06. The minimum Gasteiger partial charge on any atom is -0.349 e. The smallest absolute Gasteiger partial charge is 0.274 e. The number of benzene rings is 1. The lowest BCUT2D eigenvalue weighted by Crippen LogP contribution is -2.34. The van der Waals surface area contributed by atoms with Crippen LogP contribution in [0.25, 0.3) is 0 Å². The molecule has 2 aromatic rings. The number of nitrogens with zero attached hydrogens (tertiary/aromatic N) is 3. The van der Waals surface area contributed by atoms with E-state index in [1.54, 1.807) is 6.20 Å². The zero-order chi connectivity index (χ0) is 16.7. The van der Waals surface area contributed by atoms with E-state index in [9.17, 15) is 9.59 Å². The van der Waals surface area contributed by atoms with Crippen molar-refractivity contribution in [3.8, 4) is 0 Å². The molecule has 1 aliphatic carbocycles. The summed E-state index contributed by atoms with van der Waals surface area (Å²) in [5.41, 5.74) is 2.77. The predicted octanol–water partition coefficient (Wildman–Crippen LogP) is 1.52. The Kier molecular flexibility index (Phi) is 3.52. The number of carbonyl (C=O) groups is 2. The average Bonchev–Trinajstić information content (AvgIpc) is 3.14. The van der Waals surface area contributed by atoms with Gasteiger partial charge < -0.3 is 10.2 Å². The molecule has 0 saturated carbocycles. The summed E-state index contributed by atoms with van der Waals surface area (Å²) in [5, 5.41) is 3.06. The van der Waals surface area contributed by atoms with Gasteiger partial charge in [-0.3, -0.25) is 14.6 Å². The molecular weight excluding hydrogens is 304 g/mol. The third kappa shape index (κ3) is 2.35. The van der Waals surface area contributed by atoms with Gasteiger partial charge in [0.15, 0.2) is 0 Å². The van der Waals surface area contributed by atoms with Gasteiger partial charge in [0.25, 0.3) is 5.91 Å². The van der Waals surface area contributed by atoms with Crippen LogP contribution in [0.4, 0.5) is 0 Å². The van der Waals surface area contributed by atoms with Crippen LogP contribution in [0.5, 0.6) is 0 Å². The Morgan fingerprint density at radius 2 is 1.96 bits per heavy atom. The summed E-state index contributed by atoms with van der Waals surface area (Å²) in [6, 6.07) is 8.15. The number of carbonyl (C=O) groups excluding carboxylic acids is 2. The van der Waals surface area contributed by atoms with Crippen LogP contribution in [0, 0.1) is 5.92 Å². The molecule has 1 N–H and O–H groups in total. The molecule has 4 rings (SSSR count). The van der Waals surface area contributed by atoms with E-state index >= 15 is 0 Å². The molecule has 0 spiro atoms. The Morgan fingerprint density at radius 3 is 2.67 bits per heavy atom. The summed E-state index contributed by atoms with van der Waals surface area (Å²) in [7, 11) is 0. The summed E-state index contributed by atoms with van der Waals surface area (Å²) >= 11 is 0. The Labute approximate surface area is 139 Å². The van der Waals surface area contributed by atoms with E-state index in [1.807, 2.05) is 17.0 Å². The second kappa shape index (κ2) is 5.70. The molecule has 6 nitrogen and oxygen atoms in total. The Morgan fingerprint density at radius 1 is 1.17 bits per heavy atom. The molecule has 1 aromatic carbocycles. The molecule has 1 aromatic heterocycles. The lowest BCUT2D eigenvalue weighted by Gasteiger charge is -2.22. The van der Waals surface area contributed by atoms with Crippen molar-refractivity contribution in [2.24, 2.45) is 5.92 Å². The van der Waals surface area contributed by atoms with Crippen LogP contribution in [-0.4, -0.2) is 39.8 Å². The highest BCUT2D eigenvalue weighted by Crippen LogP contribution is 2.49. The largest absolute Gasteiger partial charge is 0.349 e. The highest BCUT2D eigenvalue weighted by molar-refractivity contribution is 5.92. The molecule has 2 aliphatic rings. The molecule has 2 amide bonds. The summed E-state index contributed by atoms with van der Waals surface area (Å²) in [6.45, 7) is 2.79. The van der Waals surface area contributed by atoms with Crippen molar-refractivity contribution < 1.29 is 9.59 Å². The van der Waals surface area contributed by atoms with Crippen molar-refractivity contribution in [2.75, 3.05) is 13.1 Å². The number of nitrogens with one attached hydrogen (secondary N) is 1. The topological polar surface area (TPSA) is 75.2 Å². The van der Waals surface area contributed by atoms with Crippen molar-refractivity contribution in [3.05, 3.63) is 59.7 Å². The standard InChI is InChI=1S/C18H18N4O2/c1-11(23)21-17-13-5-3-2-4-12(13)14-9-22(10-15(14)17)18(24)16-8-19-6-7-20-16/h2-8,14-15,17H,9-10H2,1H3,(H,21,23)/t14-,15-,17+/m0/s1. The van der Waals surface area contributed by atoms with Crippen molar-refractivity contribution >= 4 is 11.8 Å². The van der Waals surface area contributed by atoms with Crippen LogP contribution in [0.2, 0.25) is 0 Å². The molecule has 122 valence electrons. The fourth-order valence-electron chi connectivity index (χ4n) is 4.00. The third-order valence-electron chi connectivity index (χ3n) is 4.95. The first-order valence-electron chi connectivity index (χ1n) is 8.06.